The first-order chi connectivity index (χ1) is 7.13. The molecule has 0 spiro atoms. The van der Waals surface area contributed by atoms with Crippen molar-refractivity contribution in [2.24, 2.45) is 0 Å². The molecule has 1 unspecified atom stereocenters. The Labute approximate surface area is 85.0 Å². The molecular weight excluding hydrogens is 201 g/mol. The van der Waals surface area contributed by atoms with E-state index in [0.717, 1.165) is 0 Å². The number of nitrogens with one attached hydrogen (secondary N) is 1. The van der Waals surface area contributed by atoms with Crippen LogP contribution in [0.5, 0.6) is 0 Å². The van der Waals surface area contributed by atoms with Crippen LogP contribution in [-0.4, -0.2) is 18.6 Å². The van der Waals surface area contributed by atoms with Gasteiger partial charge in [0.2, 0.25) is 5.67 Å². The first kappa shape index (κ1) is 9.64. The molecule has 78 valence electrons. The van der Waals surface area contributed by atoms with E-state index in [-0.39, 0.29) is 5.56 Å². The van der Waals surface area contributed by atoms with Gasteiger partial charge in [-0.1, -0.05) is 30.3 Å². The fourth-order valence-corrected chi connectivity index (χ4v) is 1.38. The Morgan fingerprint density at radius 3 is 2.53 bits per heavy atom. The van der Waals surface area contributed by atoms with E-state index in [0.29, 0.717) is 0 Å². The average molecular weight is 209 g/mol. The van der Waals surface area contributed by atoms with Gasteiger partial charge in [0.1, 0.15) is 6.61 Å². The third-order valence-corrected chi connectivity index (χ3v) is 2.21. The van der Waals surface area contributed by atoms with Gasteiger partial charge in [-0.3, -0.25) is 10.1 Å². The van der Waals surface area contributed by atoms with E-state index in [1.165, 1.54) is 12.1 Å². The summed E-state index contributed by atoms with van der Waals surface area (Å²) < 4.78 is 18.7. The molecule has 1 fully saturated rings. The largest absolute Gasteiger partial charge is 0.445 e. The monoisotopic (exact) mass is 209 g/mol. The van der Waals surface area contributed by atoms with Crippen molar-refractivity contribution < 1.29 is 18.7 Å². The van der Waals surface area contributed by atoms with Crippen molar-refractivity contribution >= 4 is 12.0 Å². The van der Waals surface area contributed by atoms with E-state index in [4.69, 9.17) is 0 Å². The highest BCUT2D eigenvalue weighted by Crippen LogP contribution is 2.28. The van der Waals surface area contributed by atoms with Crippen molar-refractivity contribution in [3.63, 3.8) is 0 Å². The Bertz CT molecular complexity index is 406. The molecule has 0 bridgehead atoms. The number of hydrogen-bond donors (Lipinski definition) is 1. The van der Waals surface area contributed by atoms with Gasteiger partial charge in [-0.25, -0.2) is 9.18 Å². The number of alkyl carbamates (subject to hydrolysis) is 1. The maximum absolute atomic E-state index is 14.2. The highest BCUT2D eigenvalue weighted by atomic mass is 19.1. The standard InChI is InChI=1S/C10H8FNO3/c11-10(7-4-2-1-3-5-7)6-15-9(14)12-8(10)13/h1-5H,6H2,(H,12,13,14). The summed E-state index contributed by atoms with van der Waals surface area (Å²) in [6.45, 7) is -0.582. The van der Waals surface area contributed by atoms with Crippen molar-refractivity contribution in [2.45, 2.75) is 5.67 Å². The second-order valence-corrected chi connectivity index (χ2v) is 3.20. The Hall–Kier alpha value is -1.91. The van der Waals surface area contributed by atoms with Crippen molar-refractivity contribution in [3.05, 3.63) is 35.9 Å². The van der Waals surface area contributed by atoms with Crippen LogP contribution in [0.25, 0.3) is 0 Å². The van der Waals surface area contributed by atoms with Crippen LogP contribution in [0.3, 0.4) is 0 Å². The third-order valence-electron chi connectivity index (χ3n) is 2.21. The molecule has 0 radical (unpaired) electrons. The molecule has 1 aromatic carbocycles. The van der Waals surface area contributed by atoms with Crippen LogP contribution in [0.15, 0.2) is 30.3 Å². The van der Waals surface area contributed by atoms with Crippen LogP contribution in [-0.2, 0) is 15.2 Å². The highest BCUT2D eigenvalue weighted by molar-refractivity contribution is 5.99. The lowest BCUT2D eigenvalue weighted by Crippen LogP contribution is -2.52. The molecule has 2 amide bonds. The van der Waals surface area contributed by atoms with Crippen LogP contribution in [0.4, 0.5) is 9.18 Å². The number of hydrogen-bond acceptors (Lipinski definition) is 3. The number of imide groups is 1. The van der Waals surface area contributed by atoms with E-state index in [1.54, 1.807) is 23.5 Å². The quantitative estimate of drug-likeness (QED) is 0.753. The van der Waals surface area contributed by atoms with E-state index in [1.807, 2.05) is 0 Å². The molecule has 1 atom stereocenters. The summed E-state index contributed by atoms with van der Waals surface area (Å²) in [5.41, 5.74) is -2.11. The summed E-state index contributed by atoms with van der Waals surface area (Å²) in [5.74, 6) is -0.982. The lowest BCUT2D eigenvalue weighted by molar-refractivity contribution is -0.139. The van der Waals surface area contributed by atoms with Crippen molar-refractivity contribution in [3.8, 4) is 0 Å². The molecule has 1 saturated heterocycles. The van der Waals surface area contributed by atoms with Gasteiger partial charge in [-0.15, -0.1) is 0 Å². The summed E-state index contributed by atoms with van der Waals surface area (Å²) in [6, 6.07) is 7.87. The molecule has 15 heavy (non-hydrogen) atoms. The predicted octanol–water partition coefficient (Wildman–Crippen LogP) is 1.12. The van der Waals surface area contributed by atoms with Gasteiger partial charge < -0.3 is 4.74 Å². The molecule has 0 aromatic heterocycles. The number of amides is 2. The minimum atomic E-state index is -2.28. The van der Waals surface area contributed by atoms with Crippen molar-refractivity contribution in [2.75, 3.05) is 6.61 Å². The number of carbonyl (C=O) groups is 2. The zero-order valence-corrected chi connectivity index (χ0v) is 7.70. The molecular formula is C10H8FNO3. The van der Waals surface area contributed by atoms with Gasteiger partial charge in [0, 0.05) is 5.56 Å². The fraction of sp³-hybridized carbons (Fsp3) is 0.200. The van der Waals surface area contributed by atoms with Gasteiger partial charge >= 0.3 is 6.09 Å². The molecule has 0 saturated carbocycles. The summed E-state index contributed by atoms with van der Waals surface area (Å²) in [6.07, 6.45) is -0.913. The van der Waals surface area contributed by atoms with Gasteiger partial charge in [0.25, 0.3) is 5.91 Å². The smallest absolute Gasteiger partial charge is 0.414 e. The molecule has 1 N–H and O–H groups in total. The molecule has 1 heterocycles. The number of alkyl halides is 1. The summed E-state index contributed by atoms with van der Waals surface area (Å²) in [7, 11) is 0. The number of ether oxygens (including phenoxy) is 1. The van der Waals surface area contributed by atoms with Crippen molar-refractivity contribution in [1.29, 1.82) is 0 Å². The summed E-state index contributed by atoms with van der Waals surface area (Å²) >= 11 is 0. The van der Waals surface area contributed by atoms with Gasteiger partial charge in [0.15, 0.2) is 0 Å². The predicted molar refractivity (Wildman–Crippen MR) is 48.7 cm³/mol. The van der Waals surface area contributed by atoms with E-state index < -0.39 is 24.3 Å². The Morgan fingerprint density at radius 2 is 1.93 bits per heavy atom. The lowest BCUT2D eigenvalue weighted by Gasteiger charge is -2.27. The Kier molecular flexibility index (Phi) is 2.15. The van der Waals surface area contributed by atoms with Gasteiger partial charge in [0.05, 0.1) is 0 Å². The molecule has 4 nitrogen and oxygen atoms in total. The topological polar surface area (TPSA) is 55.4 Å². The molecule has 2 rings (SSSR count). The Balaban J connectivity index is 2.35. The molecule has 0 aliphatic carbocycles. The fourth-order valence-electron chi connectivity index (χ4n) is 1.38. The summed E-state index contributed by atoms with van der Waals surface area (Å²) in [5, 5.41) is 1.79. The summed E-state index contributed by atoms with van der Waals surface area (Å²) in [4.78, 5) is 22.0. The van der Waals surface area contributed by atoms with Crippen molar-refractivity contribution in [1.82, 2.24) is 5.32 Å². The minimum absolute atomic E-state index is 0.176. The first-order valence-electron chi connectivity index (χ1n) is 4.35. The van der Waals surface area contributed by atoms with Gasteiger partial charge in [-0.05, 0) is 0 Å². The van der Waals surface area contributed by atoms with Crippen LogP contribution in [0.1, 0.15) is 5.56 Å². The second kappa shape index (κ2) is 3.34. The number of halogens is 1. The Morgan fingerprint density at radius 1 is 1.27 bits per heavy atom. The average Bonchev–Trinajstić information content (AvgIpc) is 2.25. The van der Waals surface area contributed by atoms with Crippen LogP contribution < -0.4 is 5.32 Å². The van der Waals surface area contributed by atoms with E-state index in [9.17, 15) is 14.0 Å². The maximum Gasteiger partial charge on any atom is 0.414 e. The maximum atomic E-state index is 14.2. The first-order valence-corrected chi connectivity index (χ1v) is 4.35. The van der Waals surface area contributed by atoms with E-state index in [2.05, 4.69) is 4.74 Å². The molecule has 1 aliphatic rings. The van der Waals surface area contributed by atoms with Crippen LogP contribution >= 0.6 is 0 Å². The number of benzene rings is 1. The molecule has 1 aliphatic heterocycles. The minimum Gasteiger partial charge on any atom is -0.445 e. The van der Waals surface area contributed by atoms with Crippen LogP contribution in [0, 0.1) is 0 Å². The van der Waals surface area contributed by atoms with Gasteiger partial charge in [-0.2, -0.15) is 0 Å². The highest BCUT2D eigenvalue weighted by Gasteiger charge is 2.46. The SMILES string of the molecule is O=C1NC(=O)C(F)(c2ccccc2)CO1. The van der Waals surface area contributed by atoms with E-state index >= 15 is 0 Å². The lowest BCUT2D eigenvalue weighted by atomic mass is 9.95. The molecule has 5 heteroatoms. The second-order valence-electron chi connectivity index (χ2n) is 3.20. The zero-order valence-electron chi connectivity index (χ0n) is 7.70. The zero-order chi connectivity index (χ0) is 10.9. The number of rotatable bonds is 1. The number of cyclic esters (lactones) is 1. The molecule has 1 aromatic rings. The van der Waals surface area contributed by atoms with Crippen LogP contribution in [0.2, 0.25) is 0 Å². The normalized spacial score (nSPS) is 25.7. The third kappa shape index (κ3) is 1.56. The number of carbonyl (C=O) groups excluding carboxylic acids is 2.